The van der Waals surface area contributed by atoms with Crippen molar-refractivity contribution >= 4 is 34.3 Å². The zero-order valence-corrected chi connectivity index (χ0v) is 12.4. The molecule has 0 unspecified atom stereocenters. The molecule has 1 heterocycles. The Hall–Kier alpha value is -3.35. The Morgan fingerprint density at radius 1 is 1.17 bits per heavy atom. The molecule has 0 aliphatic rings. The number of nitrogens with one attached hydrogen (secondary N) is 1. The average Bonchev–Trinajstić information content (AvgIpc) is 2.53. The lowest BCUT2D eigenvalue weighted by Gasteiger charge is -2.13. The van der Waals surface area contributed by atoms with Gasteiger partial charge in [-0.3, -0.25) is 0 Å². The van der Waals surface area contributed by atoms with E-state index < -0.39 is 5.97 Å². The molecular formula is C16H15N5O2. The molecule has 0 bridgehead atoms. The number of carbonyl (C=O) groups is 1. The topological polar surface area (TPSA) is 127 Å². The summed E-state index contributed by atoms with van der Waals surface area (Å²) in [4.78, 5) is 19.5. The van der Waals surface area contributed by atoms with Gasteiger partial charge in [0.2, 0.25) is 5.95 Å². The van der Waals surface area contributed by atoms with Crippen LogP contribution in [0.25, 0.3) is 22.0 Å². The molecule has 116 valence electrons. The highest BCUT2D eigenvalue weighted by Gasteiger charge is 2.15. The quantitative estimate of drug-likeness (QED) is 0.584. The van der Waals surface area contributed by atoms with Gasteiger partial charge in [-0.1, -0.05) is 18.2 Å². The average molecular weight is 309 g/mol. The summed E-state index contributed by atoms with van der Waals surface area (Å²) in [7, 11) is 1.69. The lowest BCUT2D eigenvalue weighted by atomic mass is 9.98. The van der Waals surface area contributed by atoms with Gasteiger partial charge in [0.15, 0.2) is 0 Å². The van der Waals surface area contributed by atoms with Crippen molar-refractivity contribution in [2.24, 2.45) is 0 Å². The molecule has 0 aliphatic carbocycles. The number of hydrogen-bond donors (Lipinski definition) is 4. The van der Waals surface area contributed by atoms with Crippen molar-refractivity contribution in [1.82, 2.24) is 9.97 Å². The molecule has 0 aliphatic heterocycles. The van der Waals surface area contributed by atoms with E-state index in [2.05, 4.69) is 15.3 Å². The third-order valence-electron chi connectivity index (χ3n) is 3.60. The van der Waals surface area contributed by atoms with E-state index >= 15 is 0 Å². The van der Waals surface area contributed by atoms with Crippen molar-refractivity contribution in [3.63, 3.8) is 0 Å². The molecule has 0 fully saturated rings. The summed E-state index contributed by atoms with van der Waals surface area (Å²) in [5.74, 6) is -0.589. The normalized spacial score (nSPS) is 10.7. The highest BCUT2D eigenvalue weighted by molar-refractivity contribution is 6.00. The minimum atomic E-state index is -0.993. The molecule has 0 atom stereocenters. The van der Waals surface area contributed by atoms with Crippen molar-refractivity contribution in [3.05, 3.63) is 42.0 Å². The predicted molar refractivity (Wildman–Crippen MR) is 90.3 cm³/mol. The van der Waals surface area contributed by atoms with Crippen molar-refractivity contribution in [2.45, 2.75) is 0 Å². The van der Waals surface area contributed by atoms with E-state index in [0.29, 0.717) is 16.6 Å². The van der Waals surface area contributed by atoms with Crippen LogP contribution in [0.5, 0.6) is 0 Å². The van der Waals surface area contributed by atoms with Gasteiger partial charge in [0.05, 0.1) is 16.8 Å². The lowest BCUT2D eigenvalue weighted by molar-refractivity contribution is 0.0698. The van der Waals surface area contributed by atoms with Crippen LogP contribution in [0.4, 0.5) is 17.5 Å². The van der Waals surface area contributed by atoms with Crippen LogP contribution >= 0.6 is 0 Å². The number of carboxylic acid groups (broad SMARTS) is 1. The first-order valence-electron chi connectivity index (χ1n) is 6.88. The fourth-order valence-electron chi connectivity index (χ4n) is 2.58. The first-order chi connectivity index (χ1) is 11.0. The van der Waals surface area contributed by atoms with E-state index in [1.807, 2.05) is 18.2 Å². The smallest absolute Gasteiger partial charge is 0.337 e. The maximum absolute atomic E-state index is 11.4. The van der Waals surface area contributed by atoms with Crippen LogP contribution in [-0.2, 0) is 0 Å². The van der Waals surface area contributed by atoms with Gasteiger partial charge in [0, 0.05) is 18.0 Å². The number of aromatic nitrogens is 2. The fourth-order valence-corrected chi connectivity index (χ4v) is 2.58. The number of nitrogens with two attached hydrogens (primary N) is 2. The Morgan fingerprint density at radius 3 is 2.65 bits per heavy atom. The van der Waals surface area contributed by atoms with Gasteiger partial charge in [-0.25, -0.2) is 9.78 Å². The number of nitrogen functional groups attached to an aromatic ring is 2. The number of para-hydroxylation sites is 1. The van der Waals surface area contributed by atoms with E-state index in [4.69, 9.17) is 11.5 Å². The third kappa shape index (κ3) is 2.48. The summed E-state index contributed by atoms with van der Waals surface area (Å²) < 4.78 is 0. The van der Waals surface area contributed by atoms with Crippen LogP contribution in [0.2, 0.25) is 0 Å². The van der Waals surface area contributed by atoms with E-state index in [1.54, 1.807) is 25.2 Å². The lowest BCUT2D eigenvalue weighted by Crippen LogP contribution is -2.04. The summed E-state index contributed by atoms with van der Waals surface area (Å²) in [6.45, 7) is 0. The van der Waals surface area contributed by atoms with Crippen molar-refractivity contribution in [1.29, 1.82) is 0 Å². The van der Waals surface area contributed by atoms with Crippen LogP contribution in [0.3, 0.4) is 0 Å². The zero-order chi connectivity index (χ0) is 16.6. The van der Waals surface area contributed by atoms with E-state index in [9.17, 15) is 9.90 Å². The molecule has 0 saturated carbocycles. The number of fused-ring (bicyclic) bond motifs is 1. The maximum Gasteiger partial charge on any atom is 0.337 e. The first kappa shape index (κ1) is 14.6. The number of anilines is 3. The largest absolute Gasteiger partial charge is 0.478 e. The minimum absolute atomic E-state index is 0.117. The second-order valence-electron chi connectivity index (χ2n) is 4.98. The SMILES string of the molecule is CNc1c(C(=O)O)cccc1-c1ccc2nc(N)nc(N)c2c1. The second kappa shape index (κ2) is 5.45. The van der Waals surface area contributed by atoms with Gasteiger partial charge in [-0.05, 0) is 23.8 Å². The molecule has 3 aromatic rings. The van der Waals surface area contributed by atoms with Gasteiger partial charge < -0.3 is 21.9 Å². The van der Waals surface area contributed by atoms with Crippen LogP contribution in [0, 0.1) is 0 Å². The molecule has 0 radical (unpaired) electrons. The standard InChI is InChI=1S/C16H15N5O2/c1-19-13-9(3-2-4-10(13)15(22)23)8-5-6-12-11(7-8)14(17)21-16(18)20-12/h2-7,19H,1H3,(H,22,23)(H4,17,18,20,21). The van der Waals surface area contributed by atoms with Crippen molar-refractivity contribution < 1.29 is 9.90 Å². The van der Waals surface area contributed by atoms with E-state index in [1.165, 1.54) is 0 Å². The Labute approximate surface area is 132 Å². The summed E-state index contributed by atoms with van der Waals surface area (Å²) in [5.41, 5.74) is 14.4. The van der Waals surface area contributed by atoms with Gasteiger partial charge in [0.25, 0.3) is 0 Å². The summed E-state index contributed by atoms with van der Waals surface area (Å²) in [6.07, 6.45) is 0. The number of benzene rings is 2. The Kier molecular flexibility index (Phi) is 3.46. The van der Waals surface area contributed by atoms with E-state index in [0.717, 1.165) is 11.1 Å². The molecule has 0 amide bonds. The van der Waals surface area contributed by atoms with Gasteiger partial charge >= 0.3 is 5.97 Å². The first-order valence-corrected chi connectivity index (χ1v) is 6.88. The molecule has 7 nitrogen and oxygen atoms in total. The molecular weight excluding hydrogens is 294 g/mol. The molecule has 7 heteroatoms. The van der Waals surface area contributed by atoms with Crippen molar-refractivity contribution in [2.75, 3.05) is 23.8 Å². The molecule has 23 heavy (non-hydrogen) atoms. The number of aromatic carboxylic acids is 1. The third-order valence-corrected chi connectivity index (χ3v) is 3.60. The van der Waals surface area contributed by atoms with Gasteiger partial charge in [0.1, 0.15) is 5.82 Å². The van der Waals surface area contributed by atoms with Crippen LogP contribution in [0.15, 0.2) is 36.4 Å². The second-order valence-corrected chi connectivity index (χ2v) is 4.98. The number of rotatable bonds is 3. The predicted octanol–water partition coefficient (Wildman–Crippen LogP) is 2.20. The Bertz CT molecular complexity index is 924. The summed E-state index contributed by atoms with van der Waals surface area (Å²) in [5, 5.41) is 12.9. The maximum atomic E-state index is 11.4. The number of nitrogens with zero attached hydrogens (tertiary/aromatic N) is 2. The summed E-state index contributed by atoms with van der Waals surface area (Å²) in [6, 6.07) is 10.5. The summed E-state index contributed by atoms with van der Waals surface area (Å²) >= 11 is 0. The fraction of sp³-hybridized carbons (Fsp3) is 0.0625. The van der Waals surface area contributed by atoms with Gasteiger partial charge in [-0.15, -0.1) is 0 Å². The van der Waals surface area contributed by atoms with Crippen LogP contribution < -0.4 is 16.8 Å². The Balaban J connectivity index is 2.25. The van der Waals surface area contributed by atoms with Crippen LogP contribution in [-0.4, -0.2) is 28.1 Å². The molecule has 0 spiro atoms. The molecule has 0 saturated heterocycles. The van der Waals surface area contributed by atoms with Gasteiger partial charge in [-0.2, -0.15) is 4.98 Å². The number of carboxylic acids is 1. The van der Waals surface area contributed by atoms with Crippen molar-refractivity contribution in [3.8, 4) is 11.1 Å². The highest BCUT2D eigenvalue weighted by Crippen LogP contribution is 2.33. The monoisotopic (exact) mass is 309 g/mol. The minimum Gasteiger partial charge on any atom is -0.478 e. The highest BCUT2D eigenvalue weighted by atomic mass is 16.4. The number of hydrogen-bond acceptors (Lipinski definition) is 6. The Morgan fingerprint density at radius 2 is 1.96 bits per heavy atom. The molecule has 1 aromatic heterocycles. The molecule has 2 aromatic carbocycles. The van der Waals surface area contributed by atoms with Crippen LogP contribution in [0.1, 0.15) is 10.4 Å². The van der Waals surface area contributed by atoms with E-state index in [-0.39, 0.29) is 17.3 Å². The zero-order valence-electron chi connectivity index (χ0n) is 12.4. The molecule has 6 N–H and O–H groups in total. The molecule has 3 rings (SSSR count).